The number of hydrogen-bond donors (Lipinski definition) is 2. The molecule has 1 heterocycles. The summed E-state index contributed by atoms with van der Waals surface area (Å²) in [7, 11) is 0. The maximum Gasteiger partial charge on any atom is 0.305 e. The van der Waals surface area contributed by atoms with Crippen molar-refractivity contribution in [2.24, 2.45) is 0 Å². The number of rotatable bonds is 6. The van der Waals surface area contributed by atoms with Crippen molar-refractivity contribution in [3.63, 3.8) is 0 Å². The first kappa shape index (κ1) is 14.7. The minimum Gasteiger partial charge on any atom is -0.481 e. The molecule has 1 amide bonds. The van der Waals surface area contributed by atoms with Crippen molar-refractivity contribution in [1.82, 2.24) is 20.3 Å². The summed E-state index contributed by atoms with van der Waals surface area (Å²) in [6.45, 7) is 1.81. The van der Waals surface area contributed by atoms with Gasteiger partial charge in [0.25, 0.3) is 5.91 Å². The van der Waals surface area contributed by atoms with Crippen LogP contribution in [0.4, 0.5) is 0 Å². The standard InChI is InChI=1S/C14H16N4O3/c1-2-10(8-13(19)20)15-14(21)12-9-18(17-16-12)11-6-4-3-5-7-11/h3-7,9-10H,2,8H2,1H3,(H,15,21)(H,19,20). The first-order valence-electron chi connectivity index (χ1n) is 6.60. The number of para-hydroxylation sites is 1. The minimum absolute atomic E-state index is 0.116. The second kappa shape index (κ2) is 6.65. The highest BCUT2D eigenvalue weighted by Gasteiger charge is 2.17. The maximum atomic E-state index is 12.0. The Morgan fingerprint density at radius 2 is 2.05 bits per heavy atom. The molecule has 1 aromatic carbocycles. The normalized spacial score (nSPS) is 11.9. The SMILES string of the molecule is CCC(CC(=O)O)NC(=O)c1cn(-c2ccccc2)nn1. The number of nitrogens with zero attached hydrogens (tertiary/aromatic N) is 3. The van der Waals surface area contributed by atoms with Crippen LogP contribution in [0.5, 0.6) is 0 Å². The third-order valence-electron chi connectivity index (χ3n) is 3.00. The second-order valence-electron chi connectivity index (χ2n) is 4.56. The van der Waals surface area contributed by atoms with Gasteiger partial charge in [0.15, 0.2) is 5.69 Å². The van der Waals surface area contributed by atoms with Gasteiger partial charge in [-0.1, -0.05) is 30.3 Å². The number of amides is 1. The van der Waals surface area contributed by atoms with Gasteiger partial charge in [0, 0.05) is 6.04 Å². The van der Waals surface area contributed by atoms with E-state index >= 15 is 0 Å². The molecule has 0 saturated heterocycles. The van der Waals surface area contributed by atoms with Gasteiger partial charge in [0.1, 0.15) is 0 Å². The molecule has 110 valence electrons. The number of carboxylic acids is 1. The number of hydrogen-bond acceptors (Lipinski definition) is 4. The highest BCUT2D eigenvalue weighted by molar-refractivity contribution is 5.92. The lowest BCUT2D eigenvalue weighted by Crippen LogP contribution is -2.36. The Kier molecular flexibility index (Phi) is 4.65. The van der Waals surface area contributed by atoms with Crippen molar-refractivity contribution >= 4 is 11.9 Å². The smallest absolute Gasteiger partial charge is 0.305 e. The van der Waals surface area contributed by atoms with Crippen molar-refractivity contribution in [2.75, 3.05) is 0 Å². The Morgan fingerprint density at radius 1 is 1.33 bits per heavy atom. The Labute approximate surface area is 121 Å². The van der Waals surface area contributed by atoms with Gasteiger partial charge >= 0.3 is 5.97 Å². The molecule has 7 heteroatoms. The number of aliphatic carboxylic acids is 1. The third kappa shape index (κ3) is 3.88. The molecule has 1 unspecified atom stereocenters. The Hall–Kier alpha value is -2.70. The monoisotopic (exact) mass is 288 g/mol. The average Bonchev–Trinajstić information content (AvgIpc) is 2.97. The lowest BCUT2D eigenvalue weighted by molar-refractivity contribution is -0.137. The van der Waals surface area contributed by atoms with Crippen molar-refractivity contribution in [1.29, 1.82) is 0 Å². The van der Waals surface area contributed by atoms with E-state index in [-0.39, 0.29) is 12.1 Å². The van der Waals surface area contributed by atoms with Crippen molar-refractivity contribution < 1.29 is 14.7 Å². The fourth-order valence-electron chi connectivity index (χ4n) is 1.84. The molecule has 2 rings (SSSR count). The van der Waals surface area contributed by atoms with E-state index in [0.29, 0.717) is 6.42 Å². The molecule has 7 nitrogen and oxygen atoms in total. The van der Waals surface area contributed by atoms with Crippen molar-refractivity contribution in [2.45, 2.75) is 25.8 Å². The number of carboxylic acid groups (broad SMARTS) is 1. The molecule has 0 radical (unpaired) electrons. The van der Waals surface area contributed by atoms with Crippen LogP contribution in [-0.2, 0) is 4.79 Å². The van der Waals surface area contributed by atoms with Crippen LogP contribution in [-0.4, -0.2) is 38.0 Å². The summed E-state index contributed by atoms with van der Waals surface area (Å²) in [6, 6.07) is 8.86. The average molecular weight is 288 g/mol. The highest BCUT2D eigenvalue weighted by atomic mass is 16.4. The molecule has 1 atom stereocenters. The van der Waals surface area contributed by atoms with Gasteiger partial charge in [0.05, 0.1) is 18.3 Å². The number of carbonyl (C=O) groups is 2. The van der Waals surface area contributed by atoms with Crippen LogP contribution >= 0.6 is 0 Å². The molecule has 2 N–H and O–H groups in total. The van der Waals surface area contributed by atoms with Gasteiger partial charge in [-0.25, -0.2) is 4.68 Å². The Balaban J connectivity index is 2.07. The predicted octanol–water partition coefficient (Wildman–Crippen LogP) is 1.25. The topological polar surface area (TPSA) is 97.1 Å². The fourth-order valence-corrected chi connectivity index (χ4v) is 1.84. The molecule has 0 fully saturated rings. The lowest BCUT2D eigenvalue weighted by Gasteiger charge is -2.13. The van der Waals surface area contributed by atoms with E-state index < -0.39 is 17.9 Å². The molecule has 2 aromatic rings. The van der Waals surface area contributed by atoms with Crippen LogP contribution in [0.3, 0.4) is 0 Å². The first-order chi connectivity index (χ1) is 10.1. The molecule has 0 aliphatic carbocycles. The zero-order chi connectivity index (χ0) is 15.2. The molecule has 0 aliphatic heterocycles. The van der Waals surface area contributed by atoms with E-state index in [1.54, 1.807) is 0 Å². The molecule has 1 aromatic heterocycles. The van der Waals surface area contributed by atoms with Crippen LogP contribution in [0.1, 0.15) is 30.3 Å². The summed E-state index contributed by atoms with van der Waals surface area (Å²) in [6.07, 6.45) is 1.93. The van der Waals surface area contributed by atoms with Gasteiger partial charge in [-0.2, -0.15) is 0 Å². The fraction of sp³-hybridized carbons (Fsp3) is 0.286. The maximum absolute atomic E-state index is 12.0. The molecular weight excluding hydrogens is 272 g/mol. The largest absolute Gasteiger partial charge is 0.481 e. The molecule has 0 spiro atoms. The summed E-state index contributed by atoms with van der Waals surface area (Å²) in [4.78, 5) is 22.7. The summed E-state index contributed by atoms with van der Waals surface area (Å²) in [5.41, 5.74) is 0.948. The van der Waals surface area contributed by atoms with Gasteiger partial charge in [-0.3, -0.25) is 9.59 Å². The van der Waals surface area contributed by atoms with Crippen LogP contribution in [0, 0.1) is 0 Å². The van der Waals surface area contributed by atoms with Crippen LogP contribution in [0.15, 0.2) is 36.5 Å². The molecule has 21 heavy (non-hydrogen) atoms. The Morgan fingerprint density at radius 3 is 2.67 bits per heavy atom. The van der Waals surface area contributed by atoms with Crippen LogP contribution in [0.2, 0.25) is 0 Å². The molecular formula is C14H16N4O3. The summed E-state index contributed by atoms with van der Waals surface area (Å²) >= 11 is 0. The number of benzene rings is 1. The van der Waals surface area contributed by atoms with Crippen molar-refractivity contribution in [3.05, 3.63) is 42.2 Å². The van der Waals surface area contributed by atoms with Crippen LogP contribution in [0.25, 0.3) is 5.69 Å². The van der Waals surface area contributed by atoms with Gasteiger partial charge < -0.3 is 10.4 Å². The van der Waals surface area contributed by atoms with E-state index in [2.05, 4.69) is 15.6 Å². The highest BCUT2D eigenvalue weighted by Crippen LogP contribution is 2.06. The van der Waals surface area contributed by atoms with E-state index in [4.69, 9.17) is 5.11 Å². The van der Waals surface area contributed by atoms with Crippen molar-refractivity contribution in [3.8, 4) is 5.69 Å². The number of aromatic nitrogens is 3. The summed E-state index contributed by atoms with van der Waals surface area (Å²) in [5, 5.41) is 19.1. The second-order valence-corrected chi connectivity index (χ2v) is 4.56. The van der Waals surface area contributed by atoms with Gasteiger partial charge in [-0.15, -0.1) is 5.10 Å². The quantitative estimate of drug-likeness (QED) is 0.833. The third-order valence-corrected chi connectivity index (χ3v) is 3.00. The van der Waals surface area contributed by atoms with Crippen LogP contribution < -0.4 is 5.32 Å². The number of nitrogens with one attached hydrogen (secondary N) is 1. The van der Waals surface area contributed by atoms with E-state index in [1.165, 1.54) is 10.9 Å². The first-order valence-corrected chi connectivity index (χ1v) is 6.60. The minimum atomic E-state index is -0.949. The zero-order valence-electron chi connectivity index (χ0n) is 11.6. The molecule has 0 saturated carbocycles. The zero-order valence-corrected chi connectivity index (χ0v) is 11.6. The lowest BCUT2D eigenvalue weighted by atomic mass is 10.1. The molecule has 0 bridgehead atoms. The predicted molar refractivity (Wildman–Crippen MR) is 75.2 cm³/mol. The van der Waals surface area contributed by atoms with Gasteiger partial charge in [-0.05, 0) is 18.6 Å². The Bertz CT molecular complexity index is 624. The van der Waals surface area contributed by atoms with Gasteiger partial charge in [0.2, 0.25) is 0 Å². The van der Waals surface area contributed by atoms with E-state index in [0.717, 1.165) is 5.69 Å². The van der Waals surface area contributed by atoms with E-state index in [9.17, 15) is 9.59 Å². The number of carbonyl (C=O) groups excluding carboxylic acids is 1. The molecule has 0 aliphatic rings. The summed E-state index contributed by atoms with van der Waals surface area (Å²) in [5.74, 6) is -1.37. The van der Waals surface area contributed by atoms with E-state index in [1.807, 2.05) is 37.3 Å². The summed E-state index contributed by atoms with van der Waals surface area (Å²) < 4.78 is 1.49.